The van der Waals surface area contributed by atoms with Gasteiger partial charge in [0.1, 0.15) is 5.60 Å². The minimum Gasteiger partial charge on any atom is -0.444 e. The summed E-state index contributed by atoms with van der Waals surface area (Å²) in [6.45, 7) is 7.72. The summed E-state index contributed by atoms with van der Waals surface area (Å²) in [4.78, 5) is 24.8. The summed E-state index contributed by atoms with van der Waals surface area (Å²) in [5, 5.41) is 6.07. The Morgan fingerprint density at radius 1 is 1.44 bits per heavy atom. The number of rotatable bonds is 0. The highest BCUT2D eigenvalue weighted by molar-refractivity contribution is 5.79. The molecular formula is C12H21N3O3. The van der Waals surface area contributed by atoms with Gasteiger partial charge < -0.3 is 15.0 Å². The van der Waals surface area contributed by atoms with Gasteiger partial charge in [-0.15, -0.1) is 0 Å². The van der Waals surface area contributed by atoms with E-state index in [2.05, 4.69) is 10.6 Å². The van der Waals surface area contributed by atoms with Crippen LogP contribution in [-0.2, 0) is 9.53 Å². The van der Waals surface area contributed by atoms with E-state index in [-0.39, 0.29) is 17.5 Å². The van der Waals surface area contributed by atoms with Crippen molar-refractivity contribution < 1.29 is 14.3 Å². The van der Waals surface area contributed by atoms with E-state index in [4.69, 9.17) is 4.74 Å². The molecule has 0 unspecified atom stereocenters. The van der Waals surface area contributed by atoms with Gasteiger partial charge in [-0.25, -0.2) is 4.79 Å². The van der Waals surface area contributed by atoms with Crippen molar-refractivity contribution in [1.82, 2.24) is 15.5 Å². The Balaban J connectivity index is 1.92. The average Bonchev–Trinajstić information content (AvgIpc) is 2.65. The van der Waals surface area contributed by atoms with Crippen LogP contribution in [0.5, 0.6) is 0 Å². The fourth-order valence-electron chi connectivity index (χ4n) is 2.30. The third-order valence-electron chi connectivity index (χ3n) is 3.25. The van der Waals surface area contributed by atoms with Crippen molar-refractivity contribution >= 4 is 12.0 Å². The molecule has 6 nitrogen and oxygen atoms in total. The van der Waals surface area contributed by atoms with Crippen LogP contribution in [0, 0.1) is 0 Å². The minimum atomic E-state index is -0.471. The van der Waals surface area contributed by atoms with Gasteiger partial charge in [-0.2, -0.15) is 0 Å². The van der Waals surface area contributed by atoms with Gasteiger partial charge in [-0.1, -0.05) is 0 Å². The standard InChI is InChI=1S/C12H21N3O3/c1-11(2,3)18-10(17)15-5-4-12(8-15)7-13-9(16)6-14-12/h14H,4-8H2,1-3H3,(H,13,16)/t12-/m0/s1. The second-order valence-electron chi connectivity index (χ2n) is 6.06. The molecule has 1 spiro atoms. The number of nitrogens with one attached hydrogen (secondary N) is 2. The molecule has 0 aliphatic carbocycles. The van der Waals surface area contributed by atoms with Gasteiger partial charge in [0.05, 0.1) is 12.1 Å². The lowest BCUT2D eigenvalue weighted by Crippen LogP contribution is -2.62. The van der Waals surface area contributed by atoms with Crippen LogP contribution in [0.4, 0.5) is 4.79 Å². The summed E-state index contributed by atoms with van der Waals surface area (Å²) < 4.78 is 5.35. The van der Waals surface area contributed by atoms with Crippen LogP contribution in [0.1, 0.15) is 27.2 Å². The molecule has 2 aliphatic rings. The normalized spacial score (nSPS) is 28.4. The molecule has 2 aliphatic heterocycles. The molecule has 102 valence electrons. The minimum absolute atomic E-state index is 0.0105. The first-order valence-corrected chi connectivity index (χ1v) is 6.29. The highest BCUT2D eigenvalue weighted by Gasteiger charge is 2.43. The maximum absolute atomic E-state index is 11.9. The van der Waals surface area contributed by atoms with E-state index < -0.39 is 5.60 Å². The highest BCUT2D eigenvalue weighted by Crippen LogP contribution is 2.24. The number of amides is 2. The van der Waals surface area contributed by atoms with Crippen LogP contribution < -0.4 is 10.6 Å². The molecule has 0 saturated carbocycles. The van der Waals surface area contributed by atoms with Gasteiger partial charge in [-0.05, 0) is 27.2 Å². The van der Waals surface area contributed by atoms with Gasteiger partial charge >= 0.3 is 6.09 Å². The van der Waals surface area contributed by atoms with Gasteiger partial charge in [0.25, 0.3) is 0 Å². The van der Waals surface area contributed by atoms with Crippen LogP contribution in [0.2, 0.25) is 0 Å². The summed E-state index contributed by atoms with van der Waals surface area (Å²) in [6.07, 6.45) is 0.560. The fraction of sp³-hybridized carbons (Fsp3) is 0.833. The molecule has 2 heterocycles. The van der Waals surface area contributed by atoms with E-state index in [0.717, 1.165) is 6.42 Å². The molecule has 18 heavy (non-hydrogen) atoms. The summed E-state index contributed by atoms with van der Waals surface area (Å²) in [5.41, 5.74) is -0.647. The van der Waals surface area contributed by atoms with Crippen molar-refractivity contribution in [1.29, 1.82) is 0 Å². The van der Waals surface area contributed by atoms with Gasteiger partial charge in [-0.3, -0.25) is 10.1 Å². The summed E-state index contributed by atoms with van der Waals surface area (Å²) in [5.74, 6) is 0.0105. The zero-order chi connectivity index (χ0) is 13.4. The Morgan fingerprint density at radius 2 is 2.17 bits per heavy atom. The lowest BCUT2D eigenvalue weighted by molar-refractivity contribution is -0.122. The Bertz CT molecular complexity index is 352. The summed E-state index contributed by atoms with van der Waals surface area (Å²) >= 11 is 0. The largest absolute Gasteiger partial charge is 0.444 e. The van der Waals surface area contributed by atoms with E-state index in [1.165, 1.54) is 0 Å². The summed E-state index contributed by atoms with van der Waals surface area (Å²) in [7, 11) is 0. The molecule has 2 fully saturated rings. The number of hydrogen-bond acceptors (Lipinski definition) is 4. The first-order chi connectivity index (χ1) is 8.30. The zero-order valence-electron chi connectivity index (χ0n) is 11.2. The molecule has 0 aromatic heterocycles. The lowest BCUT2D eigenvalue weighted by atomic mass is 9.97. The fourth-order valence-corrected chi connectivity index (χ4v) is 2.30. The van der Waals surface area contributed by atoms with Crippen molar-refractivity contribution in [2.45, 2.75) is 38.3 Å². The molecule has 0 radical (unpaired) electrons. The van der Waals surface area contributed by atoms with E-state index >= 15 is 0 Å². The van der Waals surface area contributed by atoms with Crippen molar-refractivity contribution in [3.63, 3.8) is 0 Å². The quantitative estimate of drug-likeness (QED) is 0.643. The van der Waals surface area contributed by atoms with Crippen LogP contribution in [0.3, 0.4) is 0 Å². The smallest absolute Gasteiger partial charge is 0.410 e. The zero-order valence-corrected chi connectivity index (χ0v) is 11.2. The number of ether oxygens (including phenoxy) is 1. The molecule has 1 atom stereocenters. The van der Waals surface area contributed by atoms with E-state index in [0.29, 0.717) is 26.2 Å². The number of piperazine rings is 1. The van der Waals surface area contributed by atoms with Crippen LogP contribution in [0.15, 0.2) is 0 Å². The number of hydrogen-bond donors (Lipinski definition) is 2. The molecule has 2 saturated heterocycles. The first-order valence-electron chi connectivity index (χ1n) is 6.29. The second kappa shape index (κ2) is 4.42. The Kier molecular flexibility index (Phi) is 3.23. The predicted octanol–water partition coefficient (Wildman–Crippen LogP) is 0.0854. The van der Waals surface area contributed by atoms with Gasteiger partial charge in [0.15, 0.2) is 0 Å². The number of carbonyl (C=O) groups excluding carboxylic acids is 2. The van der Waals surface area contributed by atoms with Crippen molar-refractivity contribution in [2.24, 2.45) is 0 Å². The van der Waals surface area contributed by atoms with Crippen molar-refractivity contribution in [3.8, 4) is 0 Å². The topological polar surface area (TPSA) is 70.7 Å². The number of carbonyl (C=O) groups is 2. The molecule has 0 aromatic rings. The SMILES string of the molecule is CC(C)(C)OC(=O)N1CC[C@]2(CNC(=O)CN2)C1. The van der Waals surface area contributed by atoms with Gasteiger partial charge in [0.2, 0.25) is 5.91 Å². The third kappa shape index (κ3) is 2.93. The van der Waals surface area contributed by atoms with Crippen molar-refractivity contribution in [2.75, 3.05) is 26.2 Å². The maximum atomic E-state index is 11.9. The van der Waals surface area contributed by atoms with E-state index in [9.17, 15) is 9.59 Å². The number of likely N-dealkylation sites (tertiary alicyclic amines) is 1. The molecular weight excluding hydrogens is 234 g/mol. The molecule has 2 N–H and O–H groups in total. The lowest BCUT2D eigenvalue weighted by Gasteiger charge is -2.34. The highest BCUT2D eigenvalue weighted by atomic mass is 16.6. The predicted molar refractivity (Wildman–Crippen MR) is 66.2 cm³/mol. The average molecular weight is 255 g/mol. The Labute approximate surface area is 107 Å². The Morgan fingerprint density at radius 3 is 2.72 bits per heavy atom. The molecule has 6 heteroatoms. The first kappa shape index (κ1) is 13.1. The van der Waals surface area contributed by atoms with E-state index in [1.54, 1.807) is 4.90 Å². The Hall–Kier alpha value is -1.30. The maximum Gasteiger partial charge on any atom is 0.410 e. The van der Waals surface area contributed by atoms with Crippen LogP contribution in [-0.4, -0.2) is 54.2 Å². The third-order valence-corrected chi connectivity index (χ3v) is 3.25. The van der Waals surface area contributed by atoms with Crippen LogP contribution in [0.25, 0.3) is 0 Å². The molecule has 0 aromatic carbocycles. The second-order valence-corrected chi connectivity index (χ2v) is 6.06. The summed E-state index contributed by atoms with van der Waals surface area (Å²) in [6, 6.07) is 0. The van der Waals surface area contributed by atoms with Crippen LogP contribution >= 0.6 is 0 Å². The van der Waals surface area contributed by atoms with Gasteiger partial charge in [0, 0.05) is 19.6 Å². The molecule has 2 rings (SSSR count). The van der Waals surface area contributed by atoms with E-state index in [1.807, 2.05) is 20.8 Å². The molecule has 0 bridgehead atoms. The van der Waals surface area contributed by atoms with Crippen molar-refractivity contribution in [3.05, 3.63) is 0 Å². The monoisotopic (exact) mass is 255 g/mol. The molecule has 2 amide bonds. The number of nitrogens with zero attached hydrogens (tertiary/aromatic N) is 1.